The molecule has 2 rings (SSSR count). The Morgan fingerprint density at radius 2 is 1.88 bits per heavy atom. The highest BCUT2D eigenvalue weighted by molar-refractivity contribution is 6.74. The smallest absolute Gasteiger partial charge is 0.338 e. The average molecular weight is 379 g/mol. The van der Waals surface area contributed by atoms with Crippen molar-refractivity contribution in [3.05, 3.63) is 23.4 Å². The van der Waals surface area contributed by atoms with Gasteiger partial charge in [-0.25, -0.2) is 4.79 Å². The third kappa shape index (κ3) is 3.59. The molecule has 1 aromatic carbocycles. The van der Waals surface area contributed by atoms with Gasteiger partial charge in [-0.3, -0.25) is 0 Å². The van der Waals surface area contributed by atoms with Crippen molar-refractivity contribution >= 4 is 30.9 Å². The lowest BCUT2D eigenvalue weighted by molar-refractivity contribution is 0.0698. The Morgan fingerprint density at radius 1 is 1.27 bits per heavy atom. The van der Waals surface area contributed by atoms with E-state index in [1.165, 1.54) is 0 Å². The summed E-state index contributed by atoms with van der Waals surface area (Å²) in [5.74, 6) is -0.498. The first-order valence-electron chi connectivity index (χ1n) is 8.76. The van der Waals surface area contributed by atoms with E-state index in [0.29, 0.717) is 35.7 Å². The standard InChI is InChI=1S/C19H30N2O4Si/c1-12-15(18(22)23)16-13(21(12)5)8-9-14(17(16)20)24-10-11-25-26(6,7)19(2,3)4/h8-9H,10-11,20H2,1-7H3,(H,22,23). The molecule has 1 heterocycles. The molecule has 0 spiro atoms. The molecule has 2 aromatic rings. The van der Waals surface area contributed by atoms with E-state index in [4.69, 9.17) is 14.9 Å². The van der Waals surface area contributed by atoms with Crippen molar-refractivity contribution in [2.75, 3.05) is 18.9 Å². The number of nitrogens with two attached hydrogens (primary N) is 1. The number of rotatable bonds is 6. The Labute approximate surface area is 156 Å². The van der Waals surface area contributed by atoms with Crippen molar-refractivity contribution in [2.24, 2.45) is 7.05 Å². The number of aromatic nitrogens is 1. The van der Waals surface area contributed by atoms with Crippen LogP contribution in [-0.2, 0) is 11.5 Å². The Bertz CT molecular complexity index is 834. The van der Waals surface area contributed by atoms with Crippen LogP contribution >= 0.6 is 0 Å². The molecule has 6 nitrogen and oxygen atoms in total. The molecule has 0 radical (unpaired) electrons. The number of aromatic carboxylic acids is 1. The molecule has 7 heteroatoms. The number of carboxylic acid groups (broad SMARTS) is 1. The molecule has 0 bridgehead atoms. The number of hydrogen-bond acceptors (Lipinski definition) is 4. The van der Waals surface area contributed by atoms with Crippen molar-refractivity contribution < 1.29 is 19.1 Å². The maximum atomic E-state index is 11.7. The Balaban J connectivity index is 2.21. The van der Waals surface area contributed by atoms with Gasteiger partial charge < -0.3 is 24.6 Å². The van der Waals surface area contributed by atoms with Crippen molar-refractivity contribution in [3.63, 3.8) is 0 Å². The molecule has 0 aliphatic rings. The van der Waals surface area contributed by atoms with E-state index < -0.39 is 14.3 Å². The summed E-state index contributed by atoms with van der Waals surface area (Å²) in [5.41, 5.74) is 8.27. The predicted molar refractivity (Wildman–Crippen MR) is 108 cm³/mol. The minimum absolute atomic E-state index is 0.142. The summed E-state index contributed by atoms with van der Waals surface area (Å²) < 4.78 is 13.7. The van der Waals surface area contributed by atoms with Gasteiger partial charge in [0.25, 0.3) is 0 Å². The second-order valence-corrected chi connectivity index (χ2v) is 13.0. The molecule has 0 atom stereocenters. The first-order valence-corrected chi connectivity index (χ1v) is 11.7. The summed E-state index contributed by atoms with van der Waals surface area (Å²) in [5, 5.41) is 10.2. The molecule has 0 saturated heterocycles. The third-order valence-electron chi connectivity index (χ3n) is 5.48. The maximum Gasteiger partial charge on any atom is 0.338 e. The number of fused-ring (bicyclic) bond motifs is 1. The zero-order chi connectivity index (χ0) is 19.9. The third-order valence-corrected chi connectivity index (χ3v) is 10.0. The molecule has 26 heavy (non-hydrogen) atoms. The highest BCUT2D eigenvalue weighted by atomic mass is 28.4. The second kappa shape index (κ2) is 6.96. The van der Waals surface area contributed by atoms with E-state index >= 15 is 0 Å². The van der Waals surface area contributed by atoms with Gasteiger partial charge in [-0.1, -0.05) is 20.8 Å². The quantitative estimate of drug-likeness (QED) is 0.447. The lowest BCUT2D eigenvalue weighted by atomic mass is 10.1. The van der Waals surface area contributed by atoms with Gasteiger partial charge >= 0.3 is 5.97 Å². The Morgan fingerprint density at radius 3 is 2.42 bits per heavy atom. The van der Waals surface area contributed by atoms with E-state index in [0.717, 1.165) is 5.52 Å². The first kappa shape index (κ1) is 20.3. The maximum absolute atomic E-state index is 11.7. The summed E-state index contributed by atoms with van der Waals surface area (Å²) in [6, 6.07) is 3.63. The lowest BCUT2D eigenvalue weighted by Crippen LogP contribution is -2.41. The largest absolute Gasteiger partial charge is 0.489 e. The van der Waals surface area contributed by atoms with E-state index in [-0.39, 0.29) is 10.6 Å². The van der Waals surface area contributed by atoms with Crippen molar-refractivity contribution in [1.82, 2.24) is 4.57 Å². The topological polar surface area (TPSA) is 86.7 Å². The zero-order valence-corrected chi connectivity index (χ0v) is 17.8. The number of benzene rings is 1. The highest BCUT2D eigenvalue weighted by Crippen LogP contribution is 2.37. The molecule has 3 N–H and O–H groups in total. The molecule has 0 unspecified atom stereocenters. The van der Waals surface area contributed by atoms with Crippen LogP contribution in [0.3, 0.4) is 0 Å². The highest BCUT2D eigenvalue weighted by Gasteiger charge is 2.36. The number of carboxylic acids is 1. The molecular weight excluding hydrogens is 348 g/mol. The van der Waals surface area contributed by atoms with Gasteiger partial charge in [0.15, 0.2) is 8.32 Å². The summed E-state index contributed by atoms with van der Waals surface area (Å²) in [6.07, 6.45) is 0. The summed E-state index contributed by atoms with van der Waals surface area (Å²) in [6.45, 7) is 13.6. The number of ether oxygens (including phenoxy) is 1. The van der Waals surface area contributed by atoms with Gasteiger partial charge in [-0.15, -0.1) is 0 Å². The Hall–Kier alpha value is -1.99. The number of nitrogens with zero attached hydrogens (tertiary/aromatic N) is 1. The monoisotopic (exact) mass is 378 g/mol. The minimum atomic E-state index is -1.82. The molecule has 1 aromatic heterocycles. The fraction of sp³-hybridized carbons (Fsp3) is 0.526. The van der Waals surface area contributed by atoms with Crippen molar-refractivity contribution in [1.29, 1.82) is 0 Å². The normalized spacial score (nSPS) is 12.6. The lowest BCUT2D eigenvalue weighted by Gasteiger charge is -2.36. The molecule has 0 saturated carbocycles. The predicted octanol–water partition coefficient (Wildman–Crippen LogP) is 4.17. The summed E-state index contributed by atoms with van der Waals surface area (Å²) in [7, 11) is 0.00983. The van der Waals surface area contributed by atoms with Crippen LogP contribution in [0.15, 0.2) is 12.1 Å². The second-order valence-electron chi connectivity index (χ2n) is 8.15. The van der Waals surface area contributed by atoms with Crippen LogP contribution in [0, 0.1) is 6.92 Å². The van der Waals surface area contributed by atoms with Crippen LogP contribution in [0.25, 0.3) is 10.9 Å². The number of anilines is 1. The minimum Gasteiger partial charge on any atom is -0.489 e. The SMILES string of the molecule is Cc1c(C(=O)O)c2c(N)c(OCCO[Si](C)(C)C(C)(C)C)ccc2n1C. The van der Waals surface area contributed by atoms with Crippen LogP contribution in [-0.4, -0.2) is 37.2 Å². The fourth-order valence-electron chi connectivity index (χ4n) is 2.71. The molecule has 0 aliphatic carbocycles. The summed E-state index contributed by atoms with van der Waals surface area (Å²) in [4.78, 5) is 11.7. The van der Waals surface area contributed by atoms with Crippen molar-refractivity contribution in [3.8, 4) is 5.75 Å². The van der Waals surface area contributed by atoms with Gasteiger partial charge in [0.1, 0.15) is 12.4 Å². The van der Waals surface area contributed by atoms with Gasteiger partial charge in [-0.05, 0) is 37.2 Å². The first-order chi connectivity index (χ1) is 11.9. The molecule has 0 aliphatic heterocycles. The number of hydrogen-bond donors (Lipinski definition) is 2. The van der Waals surface area contributed by atoms with Gasteiger partial charge in [0.2, 0.25) is 0 Å². The zero-order valence-electron chi connectivity index (χ0n) is 16.8. The molecule has 0 fully saturated rings. The molecule has 0 amide bonds. The van der Waals surface area contributed by atoms with Gasteiger partial charge in [0, 0.05) is 18.1 Å². The summed E-state index contributed by atoms with van der Waals surface area (Å²) >= 11 is 0. The molecule has 144 valence electrons. The Kier molecular flexibility index (Phi) is 5.44. The number of nitrogen functional groups attached to an aromatic ring is 1. The van der Waals surface area contributed by atoms with Crippen LogP contribution in [0.4, 0.5) is 5.69 Å². The fourth-order valence-corrected chi connectivity index (χ4v) is 3.74. The van der Waals surface area contributed by atoms with Crippen molar-refractivity contribution in [2.45, 2.75) is 45.8 Å². The van der Waals surface area contributed by atoms with Crippen LogP contribution < -0.4 is 10.5 Å². The van der Waals surface area contributed by atoms with E-state index in [2.05, 4.69) is 33.9 Å². The van der Waals surface area contributed by atoms with Gasteiger partial charge in [0.05, 0.1) is 23.4 Å². The van der Waals surface area contributed by atoms with Crippen LogP contribution in [0.2, 0.25) is 18.1 Å². The number of aryl methyl sites for hydroxylation is 1. The van der Waals surface area contributed by atoms with Gasteiger partial charge in [-0.2, -0.15) is 0 Å². The number of carbonyl (C=O) groups is 1. The average Bonchev–Trinajstić information content (AvgIpc) is 2.77. The van der Waals surface area contributed by atoms with E-state index in [1.807, 2.05) is 17.7 Å². The molecular formula is C19H30N2O4Si. The van der Waals surface area contributed by atoms with E-state index in [1.54, 1.807) is 13.0 Å². The van der Waals surface area contributed by atoms with Crippen LogP contribution in [0.5, 0.6) is 5.75 Å². The van der Waals surface area contributed by atoms with Crippen LogP contribution in [0.1, 0.15) is 36.8 Å². The van der Waals surface area contributed by atoms with E-state index in [9.17, 15) is 9.90 Å².